The minimum absolute atomic E-state index is 0.154. The van der Waals surface area contributed by atoms with Gasteiger partial charge in [-0.05, 0) is 36.2 Å². The number of sulfonamides is 1. The molecule has 2 aromatic rings. The van der Waals surface area contributed by atoms with Crippen molar-refractivity contribution < 1.29 is 8.42 Å². The van der Waals surface area contributed by atoms with Gasteiger partial charge < -0.3 is 0 Å². The standard InChI is InChI=1S/C18H22Cl2N4O2S/c1-4-17(13-7-9-15(19)16(20)11-13)22-23-18-10-8-14(12-21-18)27(25,26)24(5-2)6-3/h7-12H,4-6H2,1-3H3,(H,21,23). The molecule has 0 amide bonds. The van der Waals surface area contributed by atoms with Crippen LogP contribution in [0.5, 0.6) is 0 Å². The van der Waals surface area contributed by atoms with Crippen LogP contribution in [-0.4, -0.2) is 36.5 Å². The molecule has 1 aromatic carbocycles. The molecule has 0 atom stereocenters. The molecule has 1 heterocycles. The third kappa shape index (κ3) is 5.19. The lowest BCUT2D eigenvalue weighted by molar-refractivity contribution is 0.445. The van der Waals surface area contributed by atoms with E-state index in [1.54, 1.807) is 32.0 Å². The van der Waals surface area contributed by atoms with Crippen LogP contribution in [0.4, 0.5) is 5.82 Å². The normalized spacial score (nSPS) is 12.4. The molecular weight excluding hydrogens is 407 g/mol. The van der Waals surface area contributed by atoms with Gasteiger partial charge in [-0.1, -0.05) is 50.0 Å². The van der Waals surface area contributed by atoms with Gasteiger partial charge in [0.15, 0.2) is 0 Å². The number of benzene rings is 1. The van der Waals surface area contributed by atoms with Gasteiger partial charge >= 0.3 is 0 Å². The molecule has 0 bridgehead atoms. The quantitative estimate of drug-likeness (QED) is 0.490. The first kappa shape index (κ1) is 21.6. The number of aromatic nitrogens is 1. The van der Waals surface area contributed by atoms with Gasteiger partial charge in [-0.3, -0.25) is 5.43 Å². The lowest BCUT2D eigenvalue weighted by Crippen LogP contribution is -2.30. The van der Waals surface area contributed by atoms with E-state index in [0.717, 1.165) is 11.3 Å². The fraction of sp³-hybridized carbons (Fsp3) is 0.333. The molecule has 1 N–H and O–H groups in total. The van der Waals surface area contributed by atoms with Crippen LogP contribution in [-0.2, 0) is 10.0 Å². The van der Waals surface area contributed by atoms with Gasteiger partial charge in [-0.15, -0.1) is 0 Å². The first-order valence-corrected chi connectivity index (χ1v) is 10.8. The summed E-state index contributed by atoms with van der Waals surface area (Å²) in [5, 5.41) is 5.30. The maximum Gasteiger partial charge on any atom is 0.244 e. The summed E-state index contributed by atoms with van der Waals surface area (Å²) in [6, 6.07) is 8.41. The van der Waals surface area contributed by atoms with Crippen LogP contribution in [0.1, 0.15) is 32.8 Å². The van der Waals surface area contributed by atoms with Gasteiger partial charge in [-0.2, -0.15) is 9.41 Å². The predicted molar refractivity (Wildman–Crippen MR) is 111 cm³/mol. The number of pyridine rings is 1. The Balaban J connectivity index is 2.20. The van der Waals surface area contributed by atoms with Crippen molar-refractivity contribution in [1.82, 2.24) is 9.29 Å². The molecule has 0 saturated carbocycles. The monoisotopic (exact) mass is 428 g/mol. The zero-order valence-corrected chi connectivity index (χ0v) is 17.7. The lowest BCUT2D eigenvalue weighted by atomic mass is 10.1. The van der Waals surface area contributed by atoms with Crippen LogP contribution in [0.3, 0.4) is 0 Å². The Morgan fingerprint density at radius 2 is 1.81 bits per heavy atom. The largest absolute Gasteiger partial charge is 0.261 e. The molecule has 0 aliphatic carbocycles. The Bertz CT molecular complexity index is 911. The number of nitrogens with zero attached hydrogens (tertiary/aromatic N) is 3. The molecule has 27 heavy (non-hydrogen) atoms. The Kier molecular flexibility index (Phi) is 7.61. The highest BCUT2D eigenvalue weighted by Crippen LogP contribution is 2.23. The van der Waals surface area contributed by atoms with Crippen molar-refractivity contribution in [3.63, 3.8) is 0 Å². The Morgan fingerprint density at radius 1 is 1.11 bits per heavy atom. The van der Waals surface area contributed by atoms with E-state index in [-0.39, 0.29) is 4.90 Å². The zero-order chi connectivity index (χ0) is 20.0. The molecule has 1 aromatic heterocycles. The third-order valence-corrected chi connectivity index (χ3v) is 6.75. The summed E-state index contributed by atoms with van der Waals surface area (Å²) < 4.78 is 26.3. The molecule has 0 unspecified atom stereocenters. The number of nitrogens with one attached hydrogen (secondary N) is 1. The Labute approximate surface area is 170 Å². The van der Waals surface area contributed by atoms with E-state index in [0.29, 0.717) is 35.4 Å². The molecule has 0 aliphatic heterocycles. The summed E-state index contributed by atoms with van der Waals surface area (Å²) in [5.74, 6) is 0.444. The SMILES string of the molecule is CCC(=NNc1ccc(S(=O)(=O)N(CC)CC)cn1)c1ccc(Cl)c(Cl)c1. The van der Waals surface area contributed by atoms with E-state index < -0.39 is 10.0 Å². The van der Waals surface area contributed by atoms with Crippen LogP contribution in [0.25, 0.3) is 0 Å². The molecule has 146 valence electrons. The molecule has 0 saturated heterocycles. The molecule has 0 radical (unpaired) electrons. The van der Waals surface area contributed by atoms with Crippen LogP contribution in [0.2, 0.25) is 10.0 Å². The first-order chi connectivity index (χ1) is 12.8. The summed E-state index contributed by atoms with van der Waals surface area (Å²) in [7, 11) is -3.53. The topological polar surface area (TPSA) is 74.7 Å². The van der Waals surface area contributed by atoms with Crippen molar-refractivity contribution in [3.8, 4) is 0 Å². The summed E-state index contributed by atoms with van der Waals surface area (Å²) in [4.78, 5) is 4.31. The fourth-order valence-corrected chi connectivity index (χ4v) is 4.16. The van der Waals surface area contributed by atoms with Crippen LogP contribution in [0, 0.1) is 0 Å². The van der Waals surface area contributed by atoms with E-state index in [1.165, 1.54) is 16.6 Å². The third-order valence-electron chi connectivity index (χ3n) is 3.97. The average Bonchev–Trinajstić information content (AvgIpc) is 2.66. The van der Waals surface area contributed by atoms with Gasteiger partial charge in [0.2, 0.25) is 10.0 Å². The van der Waals surface area contributed by atoms with E-state index in [1.807, 2.05) is 13.0 Å². The fourth-order valence-electron chi connectivity index (χ4n) is 2.46. The van der Waals surface area contributed by atoms with E-state index in [4.69, 9.17) is 23.2 Å². The molecule has 0 aliphatic rings. The van der Waals surface area contributed by atoms with Gasteiger partial charge in [0.05, 0.1) is 15.8 Å². The molecule has 9 heteroatoms. The molecule has 2 rings (SSSR count). The van der Waals surface area contributed by atoms with Crippen molar-refractivity contribution in [2.24, 2.45) is 5.10 Å². The lowest BCUT2D eigenvalue weighted by Gasteiger charge is -2.18. The van der Waals surface area contributed by atoms with Gasteiger partial charge in [0.25, 0.3) is 0 Å². The highest BCUT2D eigenvalue weighted by Gasteiger charge is 2.21. The maximum absolute atomic E-state index is 12.5. The smallest absolute Gasteiger partial charge is 0.244 e. The minimum Gasteiger partial charge on any atom is -0.261 e. The molecule has 0 spiro atoms. The zero-order valence-electron chi connectivity index (χ0n) is 15.4. The van der Waals surface area contributed by atoms with E-state index in [2.05, 4.69) is 15.5 Å². The number of anilines is 1. The number of hydrogen-bond donors (Lipinski definition) is 1. The van der Waals surface area contributed by atoms with Crippen molar-refractivity contribution in [1.29, 1.82) is 0 Å². The maximum atomic E-state index is 12.5. The average molecular weight is 429 g/mol. The first-order valence-electron chi connectivity index (χ1n) is 8.57. The molecule has 6 nitrogen and oxygen atoms in total. The summed E-state index contributed by atoms with van der Waals surface area (Å²) in [6.45, 7) is 6.39. The summed E-state index contributed by atoms with van der Waals surface area (Å²) in [5.41, 5.74) is 4.48. The highest BCUT2D eigenvalue weighted by molar-refractivity contribution is 7.89. The predicted octanol–water partition coefficient (Wildman–Crippen LogP) is 4.65. The van der Waals surface area contributed by atoms with Crippen molar-refractivity contribution >= 4 is 44.8 Å². The van der Waals surface area contributed by atoms with Crippen molar-refractivity contribution in [2.75, 3.05) is 18.5 Å². The van der Waals surface area contributed by atoms with Crippen LogP contribution in [0.15, 0.2) is 46.5 Å². The molecular formula is C18H22Cl2N4O2S. The summed E-state index contributed by atoms with van der Waals surface area (Å²) >= 11 is 12.0. The number of rotatable bonds is 8. The van der Waals surface area contributed by atoms with E-state index >= 15 is 0 Å². The molecule has 0 fully saturated rings. The Hall–Kier alpha value is -1.67. The second kappa shape index (κ2) is 9.50. The van der Waals surface area contributed by atoms with Gasteiger partial charge in [0.1, 0.15) is 10.7 Å². The minimum atomic E-state index is -3.53. The van der Waals surface area contributed by atoms with Crippen LogP contribution < -0.4 is 5.43 Å². The second-order valence-corrected chi connectivity index (χ2v) is 8.37. The van der Waals surface area contributed by atoms with Gasteiger partial charge in [0, 0.05) is 19.3 Å². The summed E-state index contributed by atoms with van der Waals surface area (Å²) in [6.07, 6.45) is 2.00. The number of hydrogen-bond acceptors (Lipinski definition) is 5. The van der Waals surface area contributed by atoms with Crippen molar-refractivity contribution in [3.05, 3.63) is 52.1 Å². The van der Waals surface area contributed by atoms with Crippen molar-refractivity contribution in [2.45, 2.75) is 32.1 Å². The Morgan fingerprint density at radius 3 is 2.33 bits per heavy atom. The second-order valence-electron chi connectivity index (χ2n) is 5.62. The highest BCUT2D eigenvalue weighted by atomic mass is 35.5. The van der Waals surface area contributed by atoms with Crippen LogP contribution >= 0.6 is 23.2 Å². The number of hydrazone groups is 1. The van der Waals surface area contributed by atoms with Gasteiger partial charge in [-0.25, -0.2) is 13.4 Å². The number of halogens is 2. The van der Waals surface area contributed by atoms with E-state index in [9.17, 15) is 8.42 Å².